The molecule has 0 spiro atoms. The van der Waals surface area contributed by atoms with Crippen molar-refractivity contribution >= 4 is 32.2 Å². The number of imide groups is 1. The van der Waals surface area contributed by atoms with Crippen LogP contribution in [0.3, 0.4) is 0 Å². The molecule has 1 aliphatic heterocycles. The summed E-state index contributed by atoms with van der Waals surface area (Å²) in [6.45, 7) is 0.483. The number of hydrogen-bond acceptors (Lipinski definition) is 3. The Kier molecular flexibility index (Phi) is 4.79. The van der Waals surface area contributed by atoms with E-state index in [4.69, 9.17) is 3.07 Å². The van der Waals surface area contributed by atoms with Crippen LogP contribution < -0.4 is 0 Å². The van der Waals surface area contributed by atoms with E-state index in [1.165, 1.54) is 10.5 Å². The molecule has 0 unspecified atom stereocenters. The molecule has 0 N–H and O–H groups in total. The van der Waals surface area contributed by atoms with E-state index in [1.54, 1.807) is 0 Å². The number of carbonyl (C=O) groups is 2. The molecule has 104 valence electrons. The van der Waals surface area contributed by atoms with Crippen molar-refractivity contribution in [3.63, 3.8) is 0 Å². The quantitative estimate of drug-likeness (QED) is 0.603. The van der Waals surface area contributed by atoms with Crippen molar-refractivity contribution in [2.24, 2.45) is 5.92 Å². The molecule has 1 heterocycles. The molecule has 0 aliphatic carbocycles. The third kappa shape index (κ3) is 3.92. The Bertz CT molecular complexity index is 461. The average Bonchev–Trinajstić information content (AvgIpc) is 2.70. The van der Waals surface area contributed by atoms with Crippen LogP contribution in [0.25, 0.3) is 0 Å². The fraction of sp³-hybridized carbons (Fsp3) is 0.429. The van der Waals surface area contributed by atoms with Crippen molar-refractivity contribution in [1.29, 1.82) is 0 Å². The van der Waals surface area contributed by atoms with Crippen molar-refractivity contribution in [2.75, 3.05) is 16.4 Å². The van der Waals surface area contributed by atoms with E-state index in [0.717, 1.165) is 6.42 Å². The summed E-state index contributed by atoms with van der Waals surface area (Å²) in [6.07, 6.45) is 0.818. The summed E-state index contributed by atoms with van der Waals surface area (Å²) in [5, 5.41) is 0. The monoisotopic (exact) mass is 375 g/mol. The van der Waals surface area contributed by atoms with Crippen LogP contribution in [0.15, 0.2) is 30.3 Å². The molecule has 1 fully saturated rings. The summed E-state index contributed by atoms with van der Waals surface area (Å²) >= 11 is -1.60. The number of likely N-dealkylation sites (tertiary alicyclic amines) is 1. The van der Waals surface area contributed by atoms with Crippen LogP contribution in [-0.4, -0.2) is 33.3 Å². The Morgan fingerprint density at radius 3 is 2.68 bits per heavy atom. The molecule has 1 aromatic carbocycles. The molecule has 2 amide bonds. The second-order valence-corrected chi connectivity index (χ2v) is 9.15. The topological polar surface area (TPSA) is 46.6 Å². The molecule has 0 bridgehead atoms. The fourth-order valence-electron chi connectivity index (χ4n) is 2.22. The molecule has 1 aromatic rings. The van der Waals surface area contributed by atoms with E-state index in [2.05, 4.69) is 0 Å². The molecular weight excluding hydrogens is 357 g/mol. The first-order valence-corrected chi connectivity index (χ1v) is 11.3. The average molecular weight is 375 g/mol. The predicted molar refractivity (Wildman–Crippen MR) is 82.3 cm³/mol. The molecule has 1 saturated heterocycles. The van der Waals surface area contributed by atoms with Crippen LogP contribution in [0.5, 0.6) is 0 Å². The van der Waals surface area contributed by atoms with Gasteiger partial charge in [0.05, 0.1) is 0 Å². The fourth-order valence-corrected chi connectivity index (χ4v) is 3.21. The van der Waals surface area contributed by atoms with Gasteiger partial charge in [-0.3, -0.25) is 0 Å². The number of amides is 2. The van der Waals surface area contributed by atoms with E-state index in [-0.39, 0.29) is 11.8 Å². The SMILES string of the molecule is CI(C)OC(=O)N1C[C@H](Cc2ccccc2)CC1=O. The van der Waals surface area contributed by atoms with Crippen LogP contribution in [-0.2, 0) is 14.3 Å². The van der Waals surface area contributed by atoms with Gasteiger partial charge in [-0.25, -0.2) is 0 Å². The third-order valence-electron chi connectivity index (χ3n) is 3.01. The zero-order valence-electron chi connectivity index (χ0n) is 11.1. The molecule has 0 radical (unpaired) electrons. The van der Waals surface area contributed by atoms with Crippen LogP contribution in [0.1, 0.15) is 12.0 Å². The minimum absolute atomic E-state index is 0.108. The summed E-state index contributed by atoms with van der Waals surface area (Å²) in [6, 6.07) is 10.0. The Balaban J connectivity index is 1.94. The predicted octanol–water partition coefficient (Wildman–Crippen LogP) is 2.90. The Labute approximate surface area is 121 Å². The van der Waals surface area contributed by atoms with Gasteiger partial charge in [0, 0.05) is 0 Å². The molecular formula is C14H18INO3. The van der Waals surface area contributed by atoms with Gasteiger partial charge in [-0.2, -0.15) is 0 Å². The number of alkyl halides is 2. The maximum absolute atomic E-state index is 11.8. The van der Waals surface area contributed by atoms with Gasteiger partial charge in [0.15, 0.2) is 0 Å². The standard InChI is InChI=1S/C14H18INO3/c1-15(2)19-14(18)16-10-12(9-13(16)17)8-11-6-4-3-5-7-11/h3-7,12H,8-10H2,1-2H3/t12-/m1/s1. The van der Waals surface area contributed by atoms with Crippen molar-refractivity contribution in [3.05, 3.63) is 35.9 Å². The van der Waals surface area contributed by atoms with Crippen LogP contribution >= 0.6 is 20.2 Å². The minimum atomic E-state index is -1.60. The molecule has 1 atom stereocenters. The first-order valence-electron chi connectivity index (χ1n) is 6.13. The van der Waals surface area contributed by atoms with Gasteiger partial charge < -0.3 is 0 Å². The summed E-state index contributed by atoms with van der Waals surface area (Å²) in [5.74, 6) is 0.0991. The summed E-state index contributed by atoms with van der Waals surface area (Å²) in [5.41, 5.74) is 1.20. The first-order chi connectivity index (χ1) is 9.06. The normalized spacial score (nSPS) is 19.5. The van der Waals surface area contributed by atoms with Gasteiger partial charge in [-0.1, -0.05) is 0 Å². The summed E-state index contributed by atoms with van der Waals surface area (Å²) in [4.78, 5) is 28.8. The van der Waals surface area contributed by atoms with Crippen LogP contribution in [0.4, 0.5) is 4.79 Å². The van der Waals surface area contributed by atoms with E-state index >= 15 is 0 Å². The molecule has 0 aromatic heterocycles. The number of rotatable bonds is 3. The summed E-state index contributed by atoms with van der Waals surface area (Å²) in [7, 11) is 0. The van der Waals surface area contributed by atoms with Gasteiger partial charge >= 0.3 is 121 Å². The zero-order valence-corrected chi connectivity index (χ0v) is 13.3. The van der Waals surface area contributed by atoms with E-state index in [0.29, 0.717) is 13.0 Å². The van der Waals surface area contributed by atoms with Crippen LogP contribution in [0, 0.1) is 5.92 Å². The molecule has 1 aliphatic rings. The number of hydrogen-bond donors (Lipinski definition) is 0. The van der Waals surface area contributed by atoms with Crippen molar-refractivity contribution in [3.8, 4) is 0 Å². The summed E-state index contributed by atoms with van der Waals surface area (Å²) < 4.78 is 5.23. The van der Waals surface area contributed by atoms with Crippen molar-refractivity contribution < 1.29 is 12.7 Å². The second-order valence-electron chi connectivity index (χ2n) is 4.79. The van der Waals surface area contributed by atoms with Crippen molar-refractivity contribution in [2.45, 2.75) is 12.8 Å². The van der Waals surface area contributed by atoms with E-state index in [9.17, 15) is 9.59 Å². The van der Waals surface area contributed by atoms with Gasteiger partial charge in [-0.05, 0) is 0 Å². The van der Waals surface area contributed by atoms with Crippen molar-refractivity contribution in [1.82, 2.24) is 4.90 Å². The number of halogens is 1. The molecule has 0 saturated carbocycles. The number of nitrogens with zero attached hydrogens (tertiary/aromatic N) is 1. The molecule has 4 nitrogen and oxygen atoms in total. The number of benzene rings is 1. The van der Waals surface area contributed by atoms with E-state index in [1.807, 2.05) is 40.2 Å². The Morgan fingerprint density at radius 1 is 1.37 bits per heavy atom. The Hall–Kier alpha value is -1.11. The number of carbonyl (C=O) groups excluding carboxylic acids is 2. The molecule has 19 heavy (non-hydrogen) atoms. The van der Waals surface area contributed by atoms with Gasteiger partial charge in [0.2, 0.25) is 0 Å². The van der Waals surface area contributed by atoms with Crippen LogP contribution in [0.2, 0.25) is 0 Å². The van der Waals surface area contributed by atoms with E-state index < -0.39 is 26.3 Å². The van der Waals surface area contributed by atoms with Gasteiger partial charge in [0.1, 0.15) is 0 Å². The maximum atomic E-state index is 11.8. The zero-order chi connectivity index (χ0) is 13.8. The Morgan fingerprint density at radius 2 is 2.05 bits per heavy atom. The first kappa shape index (κ1) is 14.3. The molecule has 2 rings (SSSR count). The van der Waals surface area contributed by atoms with Gasteiger partial charge in [-0.15, -0.1) is 0 Å². The van der Waals surface area contributed by atoms with Gasteiger partial charge in [0.25, 0.3) is 0 Å². The third-order valence-corrected chi connectivity index (χ3v) is 4.27. The second kappa shape index (κ2) is 6.36. The molecule has 5 heteroatoms.